The number of benzene rings is 13. The third-order valence-corrected chi connectivity index (χ3v) is 24.5. The molecule has 564 valence electrons. The molecule has 0 radical (unpaired) electrons. The van der Waals surface area contributed by atoms with E-state index in [0.717, 1.165) is 141 Å². The monoisotopic (exact) mass is 1500 g/mol. The SMILES string of the molecule is CC(C)(C)c1ccnc(-c2ccc(-c3ccccc3C3CC(c4ccccc4-c4ccc(-c5cc(C(C)(C)C)ccn5)cc4-c4ccc(-c5cccc6c5oc5ccccc56)cc4)CC(c4ccccc4-c4ccc(-c5cc(C(C)(C)C)ccn5)cc4-c4ccc(-c5cccc6c5oc5ccccc56)cc4)C3)c(-c3ccccc3)c2)c1. The van der Waals surface area contributed by atoms with E-state index in [2.05, 4.69) is 378 Å². The van der Waals surface area contributed by atoms with Crippen LogP contribution in [-0.4, -0.2) is 15.0 Å². The number of nitrogens with zero attached hydrogens (tertiary/aromatic N) is 3. The number of fused-ring (bicyclic) bond motifs is 6. The Labute approximate surface area is 681 Å². The third kappa shape index (κ3) is 13.9. The number of hydrogen-bond donors (Lipinski definition) is 0. The molecular formula is C111H93N3O2. The summed E-state index contributed by atoms with van der Waals surface area (Å²) in [5, 5.41) is 4.48. The highest BCUT2D eigenvalue weighted by Gasteiger charge is 2.36. The van der Waals surface area contributed by atoms with E-state index in [1.54, 1.807) is 0 Å². The van der Waals surface area contributed by atoms with Crippen molar-refractivity contribution in [3.63, 3.8) is 0 Å². The average molecular weight is 1500 g/mol. The van der Waals surface area contributed by atoms with Crippen molar-refractivity contribution in [3.8, 4) is 123 Å². The summed E-state index contributed by atoms with van der Waals surface area (Å²) in [4.78, 5) is 15.2. The van der Waals surface area contributed by atoms with Gasteiger partial charge in [-0.25, -0.2) is 0 Å². The molecule has 19 rings (SSSR count). The van der Waals surface area contributed by atoms with Crippen LogP contribution in [0, 0.1) is 0 Å². The van der Waals surface area contributed by atoms with Gasteiger partial charge in [0.05, 0.1) is 17.1 Å². The fraction of sp³-hybridized carbons (Fsp3) is 0.162. The molecular weight excluding hydrogens is 1410 g/mol. The van der Waals surface area contributed by atoms with E-state index in [1.807, 2.05) is 30.7 Å². The molecule has 0 amide bonds. The van der Waals surface area contributed by atoms with Crippen molar-refractivity contribution >= 4 is 43.9 Å². The largest absolute Gasteiger partial charge is 0.455 e. The lowest BCUT2D eigenvalue weighted by atomic mass is 9.66. The molecule has 5 nitrogen and oxygen atoms in total. The Bertz CT molecular complexity index is 6440. The van der Waals surface area contributed by atoms with Crippen molar-refractivity contribution in [1.29, 1.82) is 0 Å². The Kier molecular flexibility index (Phi) is 18.7. The summed E-state index contributed by atoms with van der Waals surface area (Å²) >= 11 is 0. The Balaban J connectivity index is 0.777. The zero-order valence-electron chi connectivity index (χ0n) is 67.4. The Morgan fingerprint density at radius 3 is 0.845 bits per heavy atom. The van der Waals surface area contributed by atoms with Crippen molar-refractivity contribution in [2.75, 3.05) is 0 Å². The molecule has 1 fully saturated rings. The van der Waals surface area contributed by atoms with Crippen LogP contribution >= 0.6 is 0 Å². The molecule has 1 aliphatic carbocycles. The molecule has 5 aromatic heterocycles. The van der Waals surface area contributed by atoms with E-state index < -0.39 is 0 Å². The molecule has 0 aliphatic heterocycles. The Hall–Kier alpha value is -13.1. The van der Waals surface area contributed by atoms with Crippen LogP contribution in [0.4, 0.5) is 0 Å². The summed E-state index contributed by atoms with van der Waals surface area (Å²) in [6.45, 7) is 20.5. The predicted molar refractivity (Wildman–Crippen MR) is 485 cm³/mol. The standard InChI is InChI=1S/C111H93N3O2/c1-109(2,3)81-55-58-112-102(67-81)75-49-52-92(99(64-75)70-25-11-10-12-26-70)89-30-16-13-27-84(89)78-61-79(85-28-14-17-31-90(85)93-53-50-76(103-68-82(56-59-113-103)110(4,5)6)65-100(93)73-45-41-71(42-46-73)87-35-23-37-97-95-33-19-21-39-105(95)115-107(87)97)63-80(62-78)86-29-15-18-32-91(86)94-54-51-77(104-69-83(57-60-114-104)111(7,8)9)66-101(94)74-47-43-72(44-48-74)88-36-24-38-98-96-34-20-22-40-106(96)116-108(88)98/h10-60,64-69,78-80H,61-63H2,1-9H3. The van der Waals surface area contributed by atoms with E-state index in [4.69, 9.17) is 23.8 Å². The smallest absolute Gasteiger partial charge is 0.143 e. The first-order valence-electron chi connectivity index (χ1n) is 41.1. The molecule has 116 heavy (non-hydrogen) atoms. The minimum Gasteiger partial charge on any atom is -0.455 e. The molecule has 1 aliphatic rings. The normalized spacial score (nSPS) is 14.8. The first-order chi connectivity index (χ1) is 56.4. The number of furan rings is 2. The molecule has 0 bridgehead atoms. The molecule has 5 heteroatoms. The third-order valence-electron chi connectivity index (χ3n) is 24.5. The van der Waals surface area contributed by atoms with Gasteiger partial charge in [0, 0.05) is 68.0 Å². The van der Waals surface area contributed by atoms with Crippen molar-refractivity contribution in [3.05, 3.63) is 380 Å². The summed E-state index contributed by atoms with van der Waals surface area (Å²) in [6, 6.07) is 122. The van der Waals surface area contributed by atoms with Gasteiger partial charge in [0.2, 0.25) is 0 Å². The van der Waals surface area contributed by atoms with Gasteiger partial charge in [0.25, 0.3) is 0 Å². The van der Waals surface area contributed by atoms with Gasteiger partial charge >= 0.3 is 0 Å². The van der Waals surface area contributed by atoms with Gasteiger partial charge in [-0.1, -0.05) is 323 Å². The van der Waals surface area contributed by atoms with Crippen LogP contribution in [0.25, 0.3) is 167 Å². The molecule has 2 atom stereocenters. The van der Waals surface area contributed by atoms with Gasteiger partial charge < -0.3 is 8.83 Å². The highest BCUT2D eigenvalue weighted by molar-refractivity contribution is 6.11. The van der Waals surface area contributed by atoms with Crippen molar-refractivity contribution in [2.45, 2.75) is 116 Å². The molecule has 5 heterocycles. The van der Waals surface area contributed by atoms with Gasteiger partial charge in [-0.3, -0.25) is 15.0 Å². The van der Waals surface area contributed by atoms with Crippen molar-refractivity contribution < 1.29 is 8.83 Å². The zero-order chi connectivity index (χ0) is 79.0. The molecule has 13 aromatic carbocycles. The Morgan fingerprint density at radius 2 is 0.500 bits per heavy atom. The van der Waals surface area contributed by atoms with Gasteiger partial charge in [-0.05, 0) is 231 Å². The van der Waals surface area contributed by atoms with E-state index in [0.29, 0.717) is 0 Å². The lowest BCUT2D eigenvalue weighted by Gasteiger charge is -2.38. The predicted octanol–water partition coefficient (Wildman–Crippen LogP) is 30.7. The zero-order valence-corrected chi connectivity index (χ0v) is 67.4. The molecule has 0 spiro atoms. The highest BCUT2D eigenvalue weighted by Crippen LogP contribution is 2.55. The van der Waals surface area contributed by atoms with Crippen LogP contribution in [0.1, 0.15) is 133 Å². The maximum absolute atomic E-state index is 6.66. The lowest BCUT2D eigenvalue weighted by Crippen LogP contribution is -2.21. The van der Waals surface area contributed by atoms with E-state index >= 15 is 0 Å². The summed E-state index contributed by atoms with van der Waals surface area (Å²) in [6.07, 6.45) is 8.72. The topological polar surface area (TPSA) is 65.0 Å². The molecule has 0 saturated heterocycles. The molecule has 0 N–H and O–H groups in total. The number of rotatable bonds is 14. The van der Waals surface area contributed by atoms with Gasteiger partial charge in [0.1, 0.15) is 22.3 Å². The second-order valence-electron chi connectivity index (χ2n) is 35.0. The van der Waals surface area contributed by atoms with Gasteiger partial charge in [0.15, 0.2) is 0 Å². The fourth-order valence-electron chi connectivity index (χ4n) is 18.3. The van der Waals surface area contributed by atoms with Crippen LogP contribution in [0.3, 0.4) is 0 Å². The van der Waals surface area contributed by atoms with Crippen molar-refractivity contribution in [1.82, 2.24) is 15.0 Å². The van der Waals surface area contributed by atoms with E-state index in [-0.39, 0.29) is 34.0 Å². The van der Waals surface area contributed by atoms with Gasteiger partial charge in [-0.15, -0.1) is 0 Å². The van der Waals surface area contributed by atoms with Crippen LogP contribution in [0.5, 0.6) is 0 Å². The minimum absolute atomic E-state index is 0.0372. The number of pyridine rings is 3. The fourth-order valence-corrected chi connectivity index (χ4v) is 18.3. The molecule has 1 saturated carbocycles. The van der Waals surface area contributed by atoms with Crippen LogP contribution in [0.2, 0.25) is 0 Å². The number of aromatic nitrogens is 3. The van der Waals surface area contributed by atoms with Crippen molar-refractivity contribution in [2.24, 2.45) is 0 Å². The van der Waals surface area contributed by atoms with Crippen LogP contribution in [-0.2, 0) is 16.2 Å². The number of para-hydroxylation sites is 4. The highest BCUT2D eigenvalue weighted by atomic mass is 16.3. The first-order valence-corrected chi connectivity index (χ1v) is 41.1. The molecule has 2 unspecified atom stereocenters. The van der Waals surface area contributed by atoms with Gasteiger partial charge in [-0.2, -0.15) is 0 Å². The summed E-state index contributed by atoms with van der Waals surface area (Å²) in [5.41, 5.74) is 35.9. The second kappa shape index (κ2) is 29.7. The summed E-state index contributed by atoms with van der Waals surface area (Å²) in [5.74, 6) is 0.358. The Morgan fingerprint density at radius 1 is 0.224 bits per heavy atom. The first kappa shape index (κ1) is 73.1. The van der Waals surface area contributed by atoms with Crippen LogP contribution < -0.4 is 0 Å². The summed E-state index contributed by atoms with van der Waals surface area (Å²) in [7, 11) is 0. The second-order valence-corrected chi connectivity index (χ2v) is 35.0. The lowest BCUT2D eigenvalue weighted by molar-refractivity contribution is 0.353. The quantitative estimate of drug-likeness (QED) is 0.109. The maximum Gasteiger partial charge on any atom is 0.143 e. The summed E-state index contributed by atoms with van der Waals surface area (Å²) < 4.78 is 13.3. The molecule has 18 aromatic rings. The number of hydrogen-bond acceptors (Lipinski definition) is 5. The van der Waals surface area contributed by atoms with E-state index in [1.165, 1.54) is 77.9 Å². The van der Waals surface area contributed by atoms with E-state index in [9.17, 15) is 0 Å². The van der Waals surface area contributed by atoms with Crippen LogP contribution in [0.15, 0.2) is 355 Å². The minimum atomic E-state index is -0.0647. The average Bonchev–Trinajstić information content (AvgIpc) is 1.17. The maximum atomic E-state index is 6.66.